The van der Waals surface area contributed by atoms with E-state index in [0.29, 0.717) is 11.6 Å². The maximum Gasteiger partial charge on any atom is 0.310 e. The number of allylic oxidation sites excluding steroid dienone is 2. The van der Waals surface area contributed by atoms with E-state index < -0.39 is 30.1 Å². The number of halogens is 4. The van der Waals surface area contributed by atoms with Gasteiger partial charge in [-0.05, 0) is 18.3 Å². The van der Waals surface area contributed by atoms with Crippen LogP contribution in [0.5, 0.6) is 0 Å². The lowest BCUT2D eigenvalue weighted by Gasteiger charge is -2.10. The lowest BCUT2D eigenvalue weighted by molar-refractivity contribution is -0.147. The normalized spacial score (nSPS) is 22.0. The summed E-state index contributed by atoms with van der Waals surface area (Å²) in [5.41, 5.74) is 0.0558. The molecule has 24 heavy (non-hydrogen) atoms. The van der Waals surface area contributed by atoms with Crippen LogP contribution in [0.15, 0.2) is 17.7 Å². The van der Waals surface area contributed by atoms with Crippen molar-refractivity contribution in [2.24, 2.45) is 17.3 Å². The topological polar surface area (TPSA) is 50.1 Å². The van der Waals surface area contributed by atoms with Gasteiger partial charge in [0.1, 0.15) is 18.2 Å². The van der Waals surface area contributed by atoms with Gasteiger partial charge >= 0.3 is 5.97 Å². The van der Waals surface area contributed by atoms with Crippen molar-refractivity contribution in [2.45, 2.75) is 27.4 Å². The van der Waals surface area contributed by atoms with Gasteiger partial charge in [0.05, 0.1) is 22.0 Å². The van der Waals surface area contributed by atoms with Crippen LogP contribution < -0.4 is 0 Å². The predicted molar refractivity (Wildman–Crippen MR) is 86.3 cm³/mol. The minimum atomic E-state index is -0.971. The monoisotopic (exact) mass is 373 g/mol. The van der Waals surface area contributed by atoms with E-state index in [1.165, 1.54) is 0 Å². The molecule has 1 saturated carbocycles. The fourth-order valence-corrected chi connectivity index (χ4v) is 3.18. The van der Waals surface area contributed by atoms with Crippen molar-refractivity contribution in [1.29, 1.82) is 5.26 Å². The molecule has 0 heterocycles. The third-order valence-electron chi connectivity index (χ3n) is 4.33. The van der Waals surface area contributed by atoms with E-state index in [1.807, 2.05) is 19.9 Å². The standard InChI is InChI=1S/C17H15Cl2F2NO2/c1-8(6-22)4-10-13(17(10,2)3)16(23)24-7-9-14(18)11(20)5-12(21)15(9)19/h4-5,10,13H,7H2,1-3H3/t10-,13+/m1/s1. The highest BCUT2D eigenvalue weighted by Crippen LogP contribution is 2.59. The summed E-state index contributed by atoms with van der Waals surface area (Å²) in [5.74, 6) is -3.02. The number of nitrogens with zero attached hydrogens (tertiary/aromatic N) is 1. The van der Waals surface area contributed by atoms with Crippen molar-refractivity contribution in [3.63, 3.8) is 0 Å². The van der Waals surface area contributed by atoms with Crippen LogP contribution in [-0.4, -0.2) is 5.97 Å². The Labute approximate surface area is 148 Å². The number of nitriles is 1. The third kappa shape index (κ3) is 3.40. The molecule has 1 aliphatic carbocycles. The van der Waals surface area contributed by atoms with Crippen LogP contribution in [0.1, 0.15) is 26.3 Å². The summed E-state index contributed by atoms with van der Waals surface area (Å²) < 4.78 is 32.1. The van der Waals surface area contributed by atoms with Crippen LogP contribution in [0.25, 0.3) is 0 Å². The zero-order chi connectivity index (χ0) is 18.2. The molecule has 128 valence electrons. The predicted octanol–water partition coefficient (Wildman–Crippen LogP) is 5.06. The maximum atomic E-state index is 13.5. The number of hydrogen-bond acceptors (Lipinski definition) is 3. The summed E-state index contributed by atoms with van der Waals surface area (Å²) in [4.78, 5) is 12.3. The SMILES string of the molecule is CC(C#N)=C[C@@H]1[C@@H](C(=O)OCc2c(Cl)c(F)cc(F)c2Cl)C1(C)C. The summed E-state index contributed by atoms with van der Waals surface area (Å²) in [6, 6.07) is 2.58. The molecule has 1 fully saturated rings. The van der Waals surface area contributed by atoms with E-state index in [9.17, 15) is 13.6 Å². The number of carbonyl (C=O) groups excluding carboxylic acids is 1. The fraction of sp³-hybridized carbons (Fsp3) is 0.412. The molecule has 0 bridgehead atoms. The lowest BCUT2D eigenvalue weighted by atomic mass is 10.1. The molecule has 1 aromatic carbocycles. The highest BCUT2D eigenvalue weighted by molar-refractivity contribution is 6.36. The highest BCUT2D eigenvalue weighted by atomic mass is 35.5. The summed E-state index contributed by atoms with van der Waals surface area (Å²) in [6.45, 7) is 5.00. The zero-order valence-corrected chi connectivity index (χ0v) is 14.8. The van der Waals surface area contributed by atoms with Gasteiger partial charge in [-0.15, -0.1) is 0 Å². The molecule has 1 aliphatic rings. The summed E-state index contributed by atoms with van der Waals surface area (Å²) in [5, 5.41) is 8.09. The Balaban J connectivity index is 2.12. The summed E-state index contributed by atoms with van der Waals surface area (Å²) >= 11 is 11.5. The van der Waals surface area contributed by atoms with E-state index in [4.69, 9.17) is 33.2 Å². The first kappa shape index (κ1) is 18.7. The van der Waals surface area contributed by atoms with Crippen LogP contribution in [0.3, 0.4) is 0 Å². The first-order valence-corrected chi connectivity index (χ1v) is 7.93. The zero-order valence-electron chi connectivity index (χ0n) is 13.3. The van der Waals surface area contributed by atoms with Gasteiger partial charge in [0.25, 0.3) is 0 Å². The Morgan fingerprint density at radius 3 is 2.42 bits per heavy atom. The molecule has 0 N–H and O–H groups in total. The van der Waals surface area contributed by atoms with Crippen LogP contribution in [-0.2, 0) is 16.1 Å². The molecule has 2 rings (SSSR count). The number of hydrogen-bond donors (Lipinski definition) is 0. The van der Waals surface area contributed by atoms with Gasteiger partial charge < -0.3 is 4.74 Å². The fourth-order valence-electron chi connectivity index (χ4n) is 2.73. The molecule has 2 atom stereocenters. The summed E-state index contributed by atoms with van der Waals surface area (Å²) in [6.07, 6.45) is 1.73. The van der Waals surface area contributed by atoms with Crippen molar-refractivity contribution >= 4 is 29.2 Å². The van der Waals surface area contributed by atoms with E-state index in [1.54, 1.807) is 13.0 Å². The van der Waals surface area contributed by atoms with Gasteiger partial charge in [-0.1, -0.05) is 43.1 Å². The first-order chi connectivity index (χ1) is 11.1. The second-order valence-electron chi connectivity index (χ2n) is 6.34. The van der Waals surface area contributed by atoms with Crippen LogP contribution in [0.4, 0.5) is 8.78 Å². The smallest absolute Gasteiger partial charge is 0.310 e. The van der Waals surface area contributed by atoms with Gasteiger partial charge in [-0.3, -0.25) is 4.79 Å². The van der Waals surface area contributed by atoms with Crippen molar-refractivity contribution in [2.75, 3.05) is 0 Å². The molecule has 7 heteroatoms. The number of esters is 1. The van der Waals surface area contributed by atoms with Gasteiger partial charge in [0, 0.05) is 17.2 Å². The summed E-state index contributed by atoms with van der Waals surface area (Å²) in [7, 11) is 0. The minimum Gasteiger partial charge on any atom is -0.460 e. The molecule has 0 aliphatic heterocycles. The van der Waals surface area contributed by atoms with E-state index in [-0.39, 0.29) is 26.9 Å². The Hall–Kier alpha value is -1.64. The number of ether oxygens (including phenoxy) is 1. The quantitative estimate of drug-likeness (QED) is 0.421. The van der Waals surface area contributed by atoms with Crippen molar-refractivity contribution < 1.29 is 18.3 Å². The van der Waals surface area contributed by atoms with Crippen LogP contribution in [0.2, 0.25) is 10.0 Å². The van der Waals surface area contributed by atoms with Crippen LogP contribution >= 0.6 is 23.2 Å². The molecule has 0 saturated heterocycles. The van der Waals surface area contributed by atoms with Crippen molar-refractivity contribution in [3.8, 4) is 6.07 Å². The maximum absolute atomic E-state index is 13.5. The molecule has 0 spiro atoms. The molecule has 0 unspecified atom stereocenters. The van der Waals surface area contributed by atoms with Crippen molar-refractivity contribution in [3.05, 3.63) is 45.0 Å². The third-order valence-corrected chi connectivity index (χ3v) is 5.15. The molecule has 1 aromatic rings. The largest absolute Gasteiger partial charge is 0.460 e. The Kier molecular flexibility index (Phi) is 5.22. The molecular formula is C17H15Cl2F2NO2. The van der Waals surface area contributed by atoms with E-state index >= 15 is 0 Å². The van der Waals surface area contributed by atoms with Gasteiger partial charge in [-0.25, -0.2) is 8.78 Å². The second-order valence-corrected chi connectivity index (χ2v) is 7.10. The second kappa shape index (κ2) is 6.70. The number of carbonyl (C=O) groups is 1. The van der Waals surface area contributed by atoms with Gasteiger partial charge in [0.2, 0.25) is 0 Å². The minimum absolute atomic E-state index is 0.108. The lowest BCUT2D eigenvalue weighted by Crippen LogP contribution is -2.11. The highest BCUT2D eigenvalue weighted by Gasteiger charge is 2.61. The van der Waals surface area contributed by atoms with Gasteiger partial charge in [0.15, 0.2) is 0 Å². The first-order valence-electron chi connectivity index (χ1n) is 7.18. The molecule has 0 aromatic heterocycles. The Morgan fingerprint density at radius 2 is 1.92 bits per heavy atom. The average Bonchev–Trinajstić information content (AvgIpc) is 3.05. The molecular weight excluding hydrogens is 359 g/mol. The molecule has 3 nitrogen and oxygen atoms in total. The van der Waals surface area contributed by atoms with Gasteiger partial charge in [-0.2, -0.15) is 5.26 Å². The van der Waals surface area contributed by atoms with E-state index in [2.05, 4.69) is 0 Å². The Bertz CT molecular complexity index is 743. The van der Waals surface area contributed by atoms with E-state index in [0.717, 1.165) is 0 Å². The number of rotatable bonds is 4. The van der Waals surface area contributed by atoms with Crippen LogP contribution in [0, 0.1) is 40.2 Å². The number of benzene rings is 1. The average molecular weight is 374 g/mol. The molecule has 0 radical (unpaired) electrons. The van der Waals surface area contributed by atoms with Crippen molar-refractivity contribution in [1.82, 2.24) is 0 Å². The molecule has 0 amide bonds. The Morgan fingerprint density at radius 1 is 1.38 bits per heavy atom.